The fourth-order valence-corrected chi connectivity index (χ4v) is 3.34. The zero-order valence-corrected chi connectivity index (χ0v) is 15.3. The molecular formula is C18H28BrNO. The Balaban J connectivity index is 2.10. The number of benzene rings is 1. The molecule has 2 unspecified atom stereocenters. The Morgan fingerprint density at radius 2 is 2.05 bits per heavy atom. The number of hydrogen-bond donors (Lipinski definition) is 1. The Labute approximate surface area is 137 Å². The van der Waals surface area contributed by atoms with Crippen LogP contribution in [-0.2, 0) is 6.54 Å². The van der Waals surface area contributed by atoms with Gasteiger partial charge in [-0.3, -0.25) is 0 Å². The molecule has 1 saturated carbocycles. The first-order chi connectivity index (χ1) is 9.85. The number of ether oxygens (including phenoxy) is 1. The molecule has 1 N–H and O–H groups in total. The molecule has 1 aliphatic carbocycles. The van der Waals surface area contributed by atoms with E-state index in [0.29, 0.717) is 6.10 Å². The largest absolute Gasteiger partial charge is 0.489 e. The summed E-state index contributed by atoms with van der Waals surface area (Å²) >= 11 is 3.66. The van der Waals surface area contributed by atoms with E-state index in [1.54, 1.807) is 0 Å². The van der Waals surface area contributed by atoms with Crippen molar-refractivity contribution in [3.63, 3.8) is 0 Å². The van der Waals surface area contributed by atoms with Crippen LogP contribution in [-0.4, -0.2) is 11.6 Å². The molecule has 0 saturated heterocycles. The molecule has 0 spiro atoms. The number of nitrogens with one attached hydrogen (secondary N) is 1. The van der Waals surface area contributed by atoms with Gasteiger partial charge in [0.15, 0.2) is 0 Å². The monoisotopic (exact) mass is 353 g/mol. The van der Waals surface area contributed by atoms with Crippen molar-refractivity contribution in [2.45, 2.75) is 71.6 Å². The molecule has 118 valence electrons. The highest BCUT2D eigenvalue weighted by molar-refractivity contribution is 9.10. The van der Waals surface area contributed by atoms with Gasteiger partial charge in [-0.2, -0.15) is 0 Å². The third-order valence-electron chi connectivity index (χ3n) is 4.03. The van der Waals surface area contributed by atoms with E-state index >= 15 is 0 Å². The lowest BCUT2D eigenvalue weighted by Crippen LogP contribution is -2.35. The molecule has 0 heterocycles. The summed E-state index contributed by atoms with van der Waals surface area (Å²) in [6.45, 7) is 9.73. The molecule has 3 heteroatoms. The van der Waals surface area contributed by atoms with Crippen molar-refractivity contribution >= 4 is 15.9 Å². The Hall–Kier alpha value is -0.540. The van der Waals surface area contributed by atoms with Crippen molar-refractivity contribution in [1.82, 2.24) is 5.32 Å². The van der Waals surface area contributed by atoms with Gasteiger partial charge in [0, 0.05) is 17.6 Å². The van der Waals surface area contributed by atoms with Crippen LogP contribution >= 0.6 is 15.9 Å². The van der Waals surface area contributed by atoms with Crippen molar-refractivity contribution < 1.29 is 4.74 Å². The molecule has 1 fully saturated rings. The smallest absolute Gasteiger partial charge is 0.138 e. The summed E-state index contributed by atoms with van der Waals surface area (Å²) in [7, 11) is 0. The number of rotatable bonds is 4. The van der Waals surface area contributed by atoms with Crippen molar-refractivity contribution in [3.8, 4) is 5.75 Å². The Kier molecular flexibility index (Phi) is 5.73. The maximum Gasteiger partial charge on any atom is 0.138 e. The highest BCUT2D eigenvalue weighted by atomic mass is 79.9. The third-order valence-corrected chi connectivity index (χ3v) is 4.65. The topological polar surface area (TPSA) is 21.3 Å². The molecule has 1 aromatic carbocycles. The van der Waals surface area contributed by atoms with Crippen LogP contribution in [0.15, 0.2) is 22.7 Å². The van der Waals surface area contributed by atoms with E-state index in [4.69, 9.17) is 4.74 Å². The van der Waals surface area contributed by atoms with E-state index in [1.165, 1.54) is 31.2 Å². The molecule has 0 amide bonds. The van der Waals surface area contributed by atoms with E-state index in [9.17, 15) is 0 Å². The molecule has 1 aliphatic rings. The molecule has 2 rings (SSSR count). The first-order valence-electron chi connectivity index (χ1n) is 8.04. The van der Waals surface area contributed by atoms with Crippen molar-refractivity contribution in [1.29, 1.82) is 0 Å². The fraction of sp³-hybridized carbons (Fsp3) is 0.667. The first-order valence-corrected chi connectivity index (χ1v) is 8.83. The SMILES string of the molecule is CC1CCCC(Oc2c(Br)cccc2CNC(C)(C)C)C1. The molecule has 0 radical (unpaired) electrons. The average molecular weight is 354 g/mol. The van der Waals surface area contributed by atoms with Crippen molar-refractivity contribution in [2.75, 3.05) is 0 Å². The molecule has 0 aromatic heterocycles. The fourth-order valence-electron chi connectivity index (χ4n) is 2.84. The number of para-hydroxylation sites is 1. The molecule has 0 bridgehead atoms. The van der Waals surface area contributed by atoms with E-state index in [2.05, 4.69) is 67.1 Å². The third kappa shape index (κ3) is 5.30. The molecule has 2 nitrogen and oxygen atoms in total. The van der Waals surface area contributed by atoms with Gasteiger partial charge in [0.1, 0.15) is 5.75 Å². The quantitative estimate of drug-likeness (QED) is 0.793. The minimum atomic E-state index is 0.110. The Morgan fingerprint density at radius 3 is 2.71 bits per heavy atom. The van der Waals surface area contributed by atoms with Crippen LogP contribution in [0.4, 0.5) is 0 Å². The maximum atomic E-state index is 6.37. The second kappa shape index (κ2) is 7.15. The molecule has 2 atom stereocenters. The maximum absolute atomic E-state index is 6.37. The zero-order chi connectivity index (χ0) is 15.5. The Bertz CT molecular complexity index is 467. The lowest BCUT2D eigenvalue weighted by atomic mass is 9.88. The van der Waals surface area contributed by atoms with Gasteiger partial charge in [-0.1, -0.05) is 25.5 Å². The van der Waals surface area contributed by atoms with E-state index in [0.717, 1.165) is 22.7 Å². The van der Waals surface area contributed by atoms with Crippen molar-refractivity contribution in [2.24, 2.45) is 5.92 Å². The van der Waals surface area contributed by atoms with Gasteiger partial charge in [-0.25, -0.2) is 0 Å². The number of hydrogen-bond acceptors (Lipinski definition) is 2. The second-order valence-corrected chi connectivity index (χ2v) is 8.20. The molecule has 21 heavy (non-hydrogen) atoms. The van der Waals surface area contributed by atoms with Gasteiger partial charge >= 0.3 is 0 Å². The van der Waals surface area contributed by atoms with Gasteiger partial charge in [-0.05, 0) is 67.9 Å². The predicted molar refractivity (Wildman–Crippen MR) is 92.8 cm³/mol. The molecular weight excluding hydrogens is 326 g/mol. The van der Waals surface area contributed by atoms with Crippen LogP contribution in [0.25, 0.3) is 0 Å². The van der Waals surface area contributed by atoms with Gasteiger partial charge in [0.25, 0.3) is 0 Å². The van der Waals surface area contributed by atoms with Crippen molar-refractivity contribution in [3.05, 3.63) is 28.2 Å². The summed E-state index contributed by atoms with van der Waals surface area (Å²) in [6, 6.07) is 6.31. The molecule has 0 aliphatic heterocycles. The lowest BCUT2D eigenvalue weighted by Gasteiger charge is -2.29. The summed E-state index contributed by atoms with van der Waals surface area (Å²) < 4.78 is 7.43. The summed E-state index contributed by atoms with van der Waals surface area (Å²) in [4.78, 5) is 0. The Morgan fingerprint density at radius 1 is 1.29 bits per heavy atom. The van der Waals surface area contributed by atoms with Gasteiger partial charge < -0.3 is 10.1 Å². The van der Waals surface area contributed by atoms with E-state index < -0.39 is 0 Å². The normalized spacial score (nSPS) is 23.1. The first kappa shape index (κ1) is 16.8. The van der Waals surface area contributed by atoms with Crippen LogP contribution < -0.4 is 10.1 Å². The van der Waals surface area contributed by atoms with Crippen LogP contribution in [0.5, 0.6) is 5.75 Å². The lowest BCUT2D eigenvalue weighted by molar-refractivity contribution is 0.127. The van der Waals surface area contributed by atoms with E-state index in [1.807, 2.05) is 0 Å². The molecule has 1 aromatic rings. The van der Waals surface area contributed by atoms with Crippen LogP contribution in [0.1, 0.15) is 58.9 Å². The zero-order valence-electron chi connectivity index (χ0n) is 13.7. The van der Waals surface area contributed by atoms with Gasteiger partial charge in [-0.15, -0.1) is 0 Å². The summed E-state index contributed by atoms with van der Waals surface area (Å²) in [5, 5.41) is 3.55. The van der Waals surface area contributed by atoms with E-state index in [-0.39, 0.29) is 5.54 Å². The summed E-state index contributed by atoms with van der Waals surface area (Å²) in [6.07, 6.45) is 5.34. The highest BCUT2D eigenvalue weighted by Gasteiger charge is 2.22. The summed E-state index contributed by atoms with van der Waals surface area (Å²) in [5.74, 6) is 1.80. The minimum absolute atomic E-state index is 0.110. The van der Waals surface area contributed by atoms with Crippen LogP contribution in [0.2, 0.25) is 0 Å². The van der Waals surface area contributed by atoms with Gasteiger partial charge in [0.05, 0.1) is 10.6 Å². The van der Waals surface area contributed by atoms with Crippen LogP contribution in [0.3, 0.4) is 0 Å². The van der Waals surface area contributed by atoms with Gasteiger partial charge in [0.2, 0.25) is 0 Å². The summed E-state index contributed by atoms with van der Waals surface area (Å²) in [5.41, 5.74) is 1.34. The average Bonchev–Trinajstić information content (AvgIpc) is 2.39. The predicted octanol–water partition coefficient (Wildman–Crippen LogP) is 5.29. The second-order valence-electron chi connectivity index (χ2n) is 7.34. The number of halogens is 1. The van der Waals surface area contributed by atoms with Crippen LogP contribution in [0, 0.1) is 5.92 Å². The highest BCUT2D eigenvalue weighted by Crippen LogP contribution is 2.34. The standard InChI is InChI=1S/C18H28BrNO/c1-13-7-5-9-15(11-13)21-17-14(8-6-10-16(17)19)12-20-18(2,3)4/h6,8,10,13,15,20H,5,7,9,11-12H2,1-4H3. The minimum Gasteiger partial charge on any atom is -0.489 e.